The lowest BCUT2D eigenvalue weighted by Crippen LogP contribution is -2.37. The number of nitrogens with zero attached hydrogens (tertiary/aromatic N) is 1. The molecule has 3 rings (SSSR count). The average Bonchev–Trinajstić information content (AvgIpc) is 2.96. The Kier molecular flexibility index (Phi) is 4.19. The van der Waals surface area contributed by atoms with Gasteiger partial charge >= 0.3 is 0 Å². The molecule has 0 aliphatic carbocycles. The zero-order chi connectivity index (χ0) is 13.1. The number of nitrogens with one attached hydrogen (secondary N) is 1. The first-order valence-electron chi connectivity index (χ1n) is 7.86. The van der Waals surface area contributed by atoms with Crippen molar-refractivity contribution >= 4 is 0 Å². The maximum absolute atomic E-state index is 3.50. The molecule has 2 aliphatic rings. The van der Waals surface area contributed by atoms with Gasteiger partial charge in [-0.15, -0.1) is 0 Å². The van der Waals surface area contributed by atoms with Crippen LogP contribution < -0.4 is 5.32 Å². The average molecular weight is 258 g/mol. The van der Waals surface area contributed by atoms with Gasteiger partial charge in [0, 0.05) is 6.04 Å². The molecule has 2 heterocycles. The first-order chi connectivity index (χ1) is 9.34. The van der Waals surface area contributed by atoms with Gasteiger partial charge in [-0.2, -0.15) is 0 Å². The van der Waals surface area contributed by atoms with Gasteiger partial charge in [-0.3, -0.25) is 4.90 Å². The Morgan fingerprint density at radius 1 is 1.05 bits per heavy atom. The van der Waals surface area contributed by atoms with E-state index in [0.717, 1.165) is 5.92 Å². The SMILES string of the molecule is Cc1ccc(C(C2CCNCC2)N2CCCC2)cc1. The molecule has 2 heteroatoms. The zero-order valence-electron chi connectivity index (χ0n) is 12.1. The van der Waals surface area contributed by atoms with Gasteiger partial charge in [0.25, 0.3) is 0 Å². The molecule has 0 spiro atoms. The van der Waals surface area contributed by atoms with Gasteiger partial charge in [0.15, 0.2) is 0 Å². The number of piperidine rings is 1. The highest BCUT2D eigenvalue weighted by Gasteiger charge is 2.31. The highest BCUT2D eigenvalue weighted by molar-refractivity contribution is 5.25. The summed E-state index contributed by atoms with van der Waals surface area (Å²) in [6.45, 7) is 7.16. The number of benzene rings is 1. The molecule has 2 fully saturated rings. The molecule has 1 aromatic carbocycles. The van der Waals surface area contributed by atoms with Crippen LogP contribution in [0.1, 0.15) is 42.9 Å². The van der Waals surface area contributed by atoms with Crippen LogP contribution in [0.4, 0.5) is 0 Å². The van der Waals surface area contributed by atoms with Crippen molar-refractivity contribution in [3.63, 3.8) is 0 Å². The molecule has 104 valence electrons. The van der Waals surface area contributed by atoms with E-state index in [0.29, 0.717) is 6.04 Å². The summed E-state index contributed by atoms with van der Waals surface area (Å²) >= 11 is 0. The molecular formula is C17H26N2. The summed E-state index contributed by atoms with van der Waals surface area (Å²) < 4.78 is 0. The molecule has 1 unspecified atom stereocenters. The summed E-state index contributed by atoms with van der Waals surface area (Å²) in [6.07, 6.45) is 5.42. The highest BCUT2D eigenvalue weighted by atomic mass is 15.2. The molecule has 2 nitrogen and oxygen atoms in total. The molecule has 1 aromatic rings. The van der Waals surface area contributed by atoms with Crippen molar-refractivity contribution < 1.29 is 0 Å². The van der Waals surface area contributed by atoms with E-state index < -0.39 is 0 Å². The second-order valence-corrected chi connectivity index (χ2v) is 6.19. The maximum Gasteiger partial charge on any atom is 0.0377 e. The molecule has 0 bridgehead atoms. The number of hydrogen-bond acceptors (Lipinski definition) is 2. The third-order valence-electron chi connectivity index (χ3n) is 4.78. The summed E-state index contributed by atoms with van der Waals surface area (Å²) in [5.74, 6) is 0.835. The molecule has 0 amide bonds. The van der Waals surface area contributed by atoms with Gasteiger partial charge in [-0.1, -0.05) is 29.8 Å². The van der Waals surface area contributed by atoms with Crippen molar-refractivity contribution in [3.05, 3.63) is 35.4 Å². The van der Waals surface area contributed by atoms with Gasteiger partial charge in [-0.25, -0.2) is 0 Å². The van der Waals surface area contributed by atoms with Gasteiger partial charge in [0.1, 0.15) is 0 Å². The summed E-state index contributed by atoms with van der Waals surface area (Å²) in [5.41, 5.74) is 2.91. The second kappa shape index (κ2) is 6.06. The maximum atomic E-state index is 3.50. The molecule has 0 radical (unpaired) electrons. The van der Waals surface area contributed by atoms with E-state index in [9.17, 15) is 0 Å². The summed E-state index contributed by atoms with van der Waals surface area (Å²) in [4.78, 5) is 2.74. The van der Waals surface area contributed by atoms with E-state index >= 15 is 0 Å². The lowest BCUT2D eigenvalue weighted by atomic mass is 9.85. The molecule has 2 aliphatic heterocycles. The van der Waals surface area contributed by atoms with Crippen LogP contribution in [0.25, 0.3) is 0 Å². The zero-order valence-corrected chi connectivity index (χ0v) is 12.1. The predicted octanol–water partition coefficient (Wildman–Crippen LogP) is 3.13. The Morgan fingerprint density at radius 2 is 1.68 bits per heavy atom. The molecule has 1 atom stereocenters. The molecular weight excluding hydrogens is 232 g/mol. The van der Waals surface area contributed by atoms with Gasteiger partial charge in [-0.05, 0) is 70.3 Å². The van der Waals surface area contributed by atoms with Crippen LogP contribution in [0.2, 0.25) is 0 Å². The third kappa shape index (κ3) is 3.01. The van der Waals surface area contributed by atoms with Crippen LogP contribution in [0.15, 0.2) is 24.3 Å². The lowest BCUT2D eigenvalue weighted by Gasteiger charge is -2.37. The monoisotopic (exact) mass is 258 g/mol. The Balaban J connectivity index is 1.83. The van der Waals surface area contributed by atoms with E-state index in [1.54, 1.807) is 5.56 Å². The Bertz CT molecular complexity index is 386. The van der Waals surface area contributed by atoms with Crippen LogP contribution in [0, 0.1) is 12.8 Å². The normalized spacial score (nSPS) is 23.6. The molecule has 2 saturated heterocycles. The van der Waals surface area contributed by atoms with Crippen molar-refractivity contribution in [1.82, 2.24) is 10.2 Å². The predicted molar refractivity (Wildman–Crippen MR) is 80.3 cm³/mol. The number of hydrogen-bond donors (Lipinski definition) is 1. The van der Waals surface area contributed by atoms with Crippen molar-refractivity contribution in [1.29, 1.82) is 0 Å². The highest BCUT2D eigenvalue weighted by Crippen LogP contribution is 2.36. The summed E-state index contributed by atoms with van der Waals surface area (Å²) in [7, 11) is 0. The number of aryl methyl sites for hydroxylation is 1. The largest absolute Gasteiger partial charge is 0.317 e. The molecule has 0 aromatic heterocycles. The van der Waals surface area contributed by atoms with Crippen molar-refractivity contribution in [2.45, 2.75) is 38.6 Å². The smallest absolute Gasteiger partial charge is 0.0377 e. The van der Waals surface area contributed by atoms with E-state index in [1.807, 2.05) is 0 Å². The van der Waals surface area contributed by atoms with Crippen LogP contribution in [0.5, 0.6) is 0 Å². The minimum atomic E-state index is 0.658. The van der Waals surface area contributed by atoms with E-state index in [-0.39, 0.29) is 0 Å². The second-order valence-electron chi connectivity index (χ2n) is 6.19. The van der Waals surface area contributed by atoms with E-state index in [4.69, 9.17) is 0 Å². The first kappa shape index (κ1) is 13.1. The Hall–Kier alpha value is -0.860. The molecule has 0 saturated carbocycles. The van der Waals surface area contributed by atoms with Crippen LogP contribution in [-0.2, 0) is 0 Å². The van der Waals surface area contributed by atoms with Crippen LogP contribution in [-0.4, -0.2) is 31.1 Å². The van der Waals surface area contributed by atoms with Gasteiger partial charge < -0.3 is 5.32 Å². The quantitative estimate of drug-likeness (QED) is 0.896. The fourth-order valence-electron chi connectivity index (χ4n) is 3.72. The summed E-state index contributed by atoms with van der Waals surface area (Å²) in [6, 6.07) is 9.94. The van der Waals surface area contributed by atoms with Crippen molar-refractivity contribution in [3.8, 4) is 0 Å². The minimum absolute atomic E-state index is 0.658. The molecule has 1 N–H and O–H groups in total. The fraction of sp³-hybridized carbons (Fsp3) is 0.647. The van der Waals surface area contributed by atoms with Gasteiger partial charge in [0.2, 0.25) is 0 Å². The van der Waals surface area contributed by atoms with Crippen LogP contribution >= 0.6 is 0 Å². The summed E-state index contributed by atoms with van der Waals surface area (Å²) in [5, 5.41) is 3.50. The van der Waals surface area contributed by atoms with Gasteiger partial charge in [0.05, 0.1) is 0 Å². The Labute approximate surface area is 117 Å². The third-order valence-corrected chi connectivity index (χ3v) is 4.78. The molecule has 19 heavy (non-hydrogen) atoms. The number of likely N-dealkylation sites (tertiary alicyclic amines) is 1. The Morgan fingerprint density at radius 3 is 2.32 bits per heavy atom. The van der Waals surface area contributed by atoms with Crippen molar-refractivity contribution in [2.24, 2.45) is 5.92 Å². The van der Waals surface area contributed by atoms with E-state index in [1.165, 1.54) is 57.4 Å². The minimum Gasteiger partial charge on any atom is -0.317 e. The van der Waals surface area contributed by atoms with Crippen molar-refractivity contribution in [2.75, 3.05) is 26.2 Å². The standard InChI is InChI=1S/C17H26N2/c1-14-4-6-15(7-5-14)17(19-12-2-3-13-19)16-8-10-18-11-9-16/h4-7,16-18H,2-3,8-13H2,1H3. The van der Waals surface area contributed by atoms with E-state index in [2.05, 4.69) is 41.4 Å². The first-order valence-corrected chi connectivity index (χ1v) is 7.86. The number of rotatable bonds is 3. The van der Waals surface area contributed by atoms with Crippen LogP contribution in [0.3, 0.4) is 0 Å². The topological polar surface area (TPSA) is 15.3 Å². The lowest BCUT2D eigenvalue weighted by molar-refractivity contribution is 0.148. The fourth-order valence-corrected chi connectivity index (χ4v) is 3.72.